The second-order valence-corrected chi connectivity index (χ2v) is 9.74. The monoisotopic (exact) mass is 498 g/mol. The van der Waals surface area contributed by atoms with Crippen LogP contribution in [0, 0.1) is 0 Å². The van der Waals surface area contributed by atoms with Crippen LogP contribution in [0.15, 0.2) is 21.7 Å². The summed E-state index contributed by atoms with van der Waals surface area (Å²) in [5, 5.41) is 3.02. The van der Waals surface area contributed by atoms with Gasteiger partial charge in [-0.2, -0.15) is 4.99 Å². The van der Waals surface area contributed by atoms with Crippen LogP contribution in [-0.4, -0.2) is 45.6 Å². The lowest BCUT2D eigenvalue weighted by Crippen LogP contribution is -2.30. The Balaban J connectivity index is 1.82. The maximum Gasteiger partial charge on any atom is 0.436 e. The molecule has 0 bridgehead atoms. The minimum Gasteiger partial charge on any atom is -0.491 e. The molecule has 154 valence electrons. The van der Waals surface area contributed by atoms with Gasteiger partial charge in [0.2, 0.25) is 0 Å². The maximum absolute atomic E-state index is 12.7. The molecular formula is C18H19BrN4O4S2. The van der Waals surface area contributed by atoms with Crippen LogP contribution in [0.5, 0.6) is 5.75 Å². The quantitative estimate of drug-likeness (QED) is 0.461. The molecule has 0 atom stereocenters. The highest BCUT2D eigenvalue weighted by molar-refractivity contribution is 9.10. The van der Waals surface area contributed by atoms with Crippen LogP contribution >= 0.6 is 39.0 Å². The van der Waals surface area contributed by atoms with Crippen LogP contribution in [0.2, 0.25) is 0 Å². The van der Waals surface area contributed by atoms with E-state index in [0.717, 1.165) is 21.1 Å². The molecule has 0 unspecified atom stereocenters. The lowest BCUT2D eigenvalue weighted by atomic mass is 10.2. The standard InChI is InChI=1S/C18H19BrN4O4S2/c1-18(2,3)27-17(25)23-16(28-4)22-14(24)15-21-13-11(29-15)5-6-26-10-7-9(19)8-20-12(10)13/h7-8H,5-6H2,1-4H3,(H,22,23,24,25). The lowest BCUT2D eigenvalue weighted by molar-refractivity contribution is 0.0604. The molecule has 0 fully saturated rings. The Bertz CT molecular complexity index is 985. The molecule has 2 amide bonds. The zero-order valence-corrected chi connectivity index (χ0v) is 19.5. The Morgan fingerprint density at radius 3 is 2.83 bits per heavy atom. The first-order valence-corrected chi connectivity index (χ1v) is 11.4. The van der Waals surface area contributed by atoms with Crippen LogP contribution in [0.25, 0.3) is 11.4 Å². The number of rotatable bonds is 1. The summed E-state index contributed by atoms with van der Waals surface area (Å²) in [6.45, 7) is 5.70. The molecule has 3 rings (SSSR count). The van der Waals surface area contributed by atoms with Gasteiger partial charge in [-0.1, -0.05) is 11.8 Å². The summed E-state index contributed by atoms with van der Waals surface area (Å²) in [5.41, 5.74) is 0.566. The Hall–Kier alpha value is -1.98. The number of carbonyl (C=O) groups excluding carboxylic acids is 2. The van der Waals surface area contributed by atoms with E-state index in [0.29, 0.717) is 30.2 Å². The third-order valence-corrected chi connectivity index (χ3v) is 5.65. The summed E-state index contributed by atoms with van der Waals surface area (Å²) in [6, 6.07) is 1.83. The molecule has 0 saturated heterocycles. The minimum atomic E-state index is -0.766. The van der Waals surface area contributed by atoms with Crippen molar-refractivity contribution < 1.29 is 19.1 Å². The second kappa shape index (κ2) is 8.80. The van der Waals surface area contributed by atoms with E-state index < -0.39 is 17.6 Å². The number of carbonyl (C=O) groups is 2. The van der Waals surface area contributed by atoms with E-state index in [1.165, 1.54) is 11.3 Å². The number of aromatic nitrogens is 2. The number of amidine groups is 1. The average molecular weight is 499 g/mol. The Morgan fingerprint density at radius 1 is 1.38 bits per heavy atom. The van der Waals surface area contributed by atoms with Crippen LogP contribution < -0.4 is 10.1 Å². The number of halogens is 1. The van der Waals surface area contributed by atoms with Crippen molar-refractivity contribution in [1.82, 2.24) is 15.3 Å². The molecule has 0 spiro atoms. The number of nitrogens with one attached hydrogen (secondary N) is 1. The lowest BCUT2D eigenvalue weighted by Gasteiger charge is -2.17. The number of aliphatic imine (C=N–C) groups is 1. The molecule has 0 aliphatic carbocycles. The third kappa shape index (κ3) is 5.55. The van der Waals surface area contributed by atoms with Gasteiger partial charge in [-0.15, -0.1) is 11.3 Å². The van der Waals surface area contributed by atoms with Gasteiger partial charge in [0.05, 0.1) is 6.61 Å². The topological polar surface area (TPSA) is 103 Å². The van der Waals surface area contributed by atoms with Gasteiger partial charge in [-0.25, -0.2) is 14.8 Å². The molecule has 0 saturated carbocycles. The Kier molecular flexibility index (Phi) is 6.59. The van der Waals surface area contributed by atoms with Crippen molar-refractivity contribution in [2.45, 2.75) is 32.8 Å². The summed E-state index contributed by atoms with van der Waals surface area (Å²) >= 11 is 5.78. The fraction of sp³-hybridized carbons (Fsp3) is 0.389. The van der Waals surface area contributed by atoms with Gasteiger partial charge in [0, 0.05) is 22.0 Å². The van der Waals surface area contributed by atoms with Gasteiger partial charge in [-0.3, -0.25) is 10.1 Å². The van der Waals surface area contributed by atoms with Gasteiger partial charge in [0.1, 0.15) is 22.7 Å². The zero-order chi connectivity index (χ0) is 21.2. The fourth-order valence-electron chi connectivity index (χ4n) is 2.41. The highest BCUT2D eigenvalue weighted by atomic mass is 79.9. The van der Waals surface area contributed by atoms with Gasteiger partial charge in [0.25, 0.3) is 5.91 Å². The number of thioether (sulfide) groups is 1. The van der Waals surface area contributed by atoms with E-state index >= 15 is 0 Å². The first-order chi connectivity index (χ1) is 13.7. The largest absolute Gasteiger partial charge is 0.491 e. The minimum absolute atomic E-state index is 0.139. The van der Waals surface area contributed by atoms with Gasteiger partial charge >= 0.3 is 6.09 Å². The van der Waals surface area contributed by atoms with E-state index in [1.54, 1.807) is 33.2 Å². The van der Waals surface area contributed by atoms with Gasteiger partial charge in [0.15, 0.2) is 10.2 Å². The third-order valence-electron chi connectivity index (χ3n) is 3.52. The molecule has 0 aromatic carbocycles. The second-order valence-electron chi connectivity index (χ2n) is 6.95. The first-order valence-electron chi connectivity index (χ1n) is 8.61. The number of amides is 2. The Morgan fingerprint density at radius 2 is 2.14 bits per heavy atom. The highest BCUT2D eigenvalue weighted by Crippen LogP contribution is 2.37. The molecule has 1 N–H and O–H groups in total. The van der Waals surface area contributed by atoms with Crippen molar-refractivity contribution >= 4 is 56.2 Å². The molecule has 1 aliphatic rings. The van der Waals surface area contributed by atoms with Crippen molar-refractivity contribution in [3.05, 3.63) is 26.6 Å². The van der Waals surface area contributed by atoms with Crippen molar-refractivity contribution in [2.75, 3.05) is 12.9 Å². The molecule has 8 nitrogen and oxygen atoms in total. The van der Waals surface area contributed by atoms with Crippen molar-refractivity contribution in [3.63, 3.8) is 0 Å². The predicted octanol–water partition coefficient (Wildman–Crippen LogP) is 4.29. The maximum atomic E-state index is 12.7. The molecule has 2 aromatic rings. The number of fused-ring (bicyclic) bond motifs is 3. The molecule has 3 heterocycles. The predicted molar refractivity (Wildman–Crippen MR) is 117 cm³/mol. The summed E-state index contributed by atoms with van der Waals surface area (Å²) < 4.78 is 11.7. The molecule has 0 radical (unpaired) electrons. The number of pyridine rings is 1. The van der Waals surface area contributed by atoms with Gasteiger partial charge < -0.3 is 9.47 Å². The van der Waals surface area contributed by atoms with Crippen LogP contribution in [0.4, 0.5) is 4.79 Å². The molecule has 1 aliphatic heterocycles. The van der Waals surface area contributed by atoms with Crippen molar-refractivity contribution in [1.29, 1.82) is 0 Å². The fourth-order valence-corrected chi connectivity index (χ4v) is 4.02. The van der Waals surface area contributed by atoms with E-state index in [2.05, 4.69) is 36.2 Å². The molecule has 11 heteroatoms. The van der Waals surface area contributed by atoms with Crippen LogP contribution in [0.3, 0.4) is 0 Å². The smallest absolute Gasteiger partial charge is 0.436 e. The highest BCUT2D eigenvalue weighted by Gasteiger charge is 2.25. The molecular weight excluding hydrogens is 480 g/mol. The number of hydrogen-bond donors (Lipinski definition) is 1. The van der Waals surface area contributed by atoms with E-state index in [-0.39, 0.29) is 10.2 Å². The van der Waals surface area contributed by atoms with Crippen LogP contribution in [-0.2, 0) is 11.2 Å². The SMILES string of the molecule is CS/C(=N\C(=O)OC(C)(C)C)NC(=O)c1nc2c(s1)CCOc1cc(Br)cnc1-2. The summed E-state index contributed by atoms with van der Waals surface area (Å²) in [7, 11) is 0. The summed E-state index contributed by atoms with van der Waals surface area (Å²) in [4.78, 5) is 38.2. The van der Waals surface area contributed by atoms with Crippen LogP contribution in [0.1, 0.15) is 35.5 Å². The zero-order valence-electron chi connectivity index (χ0n) is 16.2. The van der Waals surface area contributed by atoms with E-state index in [1.807, 2.05) is 6.07 Å². The average Bonchev–Trinajstić information content (AvgIpc) is 2.96. The number of hydrogen-bond acceptors (Lipinski definition) is 8. The molecule has 29 heavy (non-hydrogen) atoms. The van der Waals surface area contributed by atoms with E-state index in [4.69, 9.17) is 9.47 Å². The van der Waals surface area contributed by atoms with Crippen molar-refractivity contribution in [2.24, 2.45) is 4.99 Å². The number of thiazole rings is 1. The van der Waals surface area contributed by atoms with Crippen molar-refractivity contribution in [3.8, 4) is 17.1 Å². The summed E-state index contributed by atoms with van der Waals surface area (Å²) in [6.07, 6.45) is 3.22. The van der Waals surface area contributed by atoms with E-state index in [9.17, 15) is 9.59 Å². The number of nitrogens with zero attached hydrogens (tertiary/aromatic N) is 3. The van der Waals surface area contributed by atoms with Gasteiger partial charge in [-0.05, 0) is 49.0 Å². The number of ether oxygens (including phenoxy) is 2. The molecule has 2 aromatic heterocycles. The summed E-state index contributed by atoms with van der Waals surface area (Å²) in [5.74, 6) is 0.172. The Labute approximate surface area is 184 Å². The first kappa shape index (κ1) is 21.7. The normalized spacial score (nSPS) is 13.6.